The van der Waals surface area contributed by atoms with E-state index in [4.69, 9.17) is 4.74 Å². The quantitative estimate of drug-likeness (QED) is 0.599. The highest BCUT2D eigenvalue weighted by molar-refractivity contribution is 4.83. The van der Waals surface area contributed by atoms with Gasteiger partial charge >= 0.3 is 5.69 Å². The standard InChI is InChI=1S/C8H12N2O2/c1-2-9-3-4-10(8(9)11)5-7-6-12-7/h3-4,7H,2,5-6H2,1H3/t7-/m0/s1. The average molecular weight is 168 g/mol. The fraction of sp³-hybridized carbons (Fsp3) is 0.625. The summed E-state index contributed by atoms with van der Waals surface area (Å²) < 4.78 is 8.42. The van der Waals surface area contributed by atoms with Gasteiger partial charge in [0.2, 0.25) is 0 Å². The molecule has 0 bridgehead atoms. The van der Waals surface area contributed by atoms with E-state index in [1.54, 1.807) is 9.13 Å². The van der Waals surface area contributed by atoms with Gasteiger partial charge in [-0.1, -0.05) is 0 Å². The molecule has 4 heteroatoms. The molecule has 0 unspecified atom stereocenters. The van der Waals surface area contributed by atoms with Crippen LogP contribution in [0.25, 0.3) is 0 Å². The molecule has 66 valence electrons. The molecule has 1 saturated heterocycles. The van der Waals surface area contributed by atoms with E-state index in [1.165, 1.54) is 0 Å². The Labute approximate surface area is 70.4 Å². The Morgan fingerprint density at radius 1 is 1.58 bits per heavy atom. The maximum absolute atomic E-state index is 11.4. The van der Waals surface area contributed by atoms with Crippen LogP contribution in [0, 0.1) is 0 Å². The van der Waals surface area contributed by atoms with Crippen molar-refractivity contribution in [1.29, 1.82) is 0 Å². The Morgan fingerprint density at radius 2 is 2.25 bits per heavy atom. The molecule has 1 aromatic heterocycles. The van der Waals surface area contributed by atoms with Gasteiger partial charge in [-0.3, -0.25) is 9.13 Å². The molecule has 2 heterocycles. The molecule has 0 radical (unpaired) electrons. The fourth-order valence-electron chi connectivity index (χ4n) is 1.23. The van der Waals surface area contributed by atoms with Crippen molar-refractivity contribution in [2.24, 2.45) is 0 Å². The Hall–Kier alpha value is -1.03. The molecule has 0 aromatic carbocycles. The lowest BCUT2D eigenvalue weighted by atomic mass is 10.5. The Morgan fingerprint density at radius 3 is 2.75 bits per heavy atom. The van der Waals surface area contributed by atoms with Crippen LogP contribution in [0.3, 0.4) is 0 Å². The third-order valence-electron chi connectivity index (χ3n) is 2.06. The van der Waals surface area contributed by atoms with Crippen molar-refractivity contribution >= 4 is 0 Å². The van der Waals surface area contributed by atoms with Crippen molar-refractivity contribution in [3.63, 3.8) is 0 Å². The second-order valence-corrected chi connectivity index (χ2v) is 2.97. The van der Waals surface area contributed by atoms with Gasteiger partial charge in [-0.15, -0.1) is 0 Å². The van der Waals surface area contributed by atoms with Crippen LogP contribution < -0.4 is 5.69 Å². The molecule has 0 N–H and O–H groups in total. The minimum absolute atomic E-state index is 0.0630. The van der Waals surface area contributed by atoms with Crippen LogP contribution in [0.5, 0.6) is 0 Å². The smallest absolute Gasteiger partial charge is 0.328 e. The SMILES string of the molecule is CCn1ccn(C[C@H]2CO2)c1=O. The number of nitrogens with zero attached hydrogens (tertiary/aromatic N) is 2. The van der Waals surface area contributed by atoms with Crippen molar-refractivity contribution in [2.75, 3.05) is 6.61 Å². The van der Waals surface area contributed by atoms with Gasteiger partial charge in [0.05, 0.1) is 19.3 Å². The summed E-state index contributed by atoms with van der Waals surface area (Å²) in [5.74, 6) is 0. The zero-order valence-electron chi connectivity index (χ0n) is 7.06. The van der Waals surface area contributed by atoms with Gasteiger partial charge in [0.1, 0.15) is 0 Å². The lowest BCUT2D eigenvalue weighted by molar-refractivity contribution is 0.379. The first-order valence-electron chi connectivity index (χ1n) is 4.18. The predicted molar refractivity (Wildman–Crippen MR) is 44.1 cm³/mol. The summed E-state index contributed by atoms with van der Waals surface area (Å²) in [6, 6.07) is 0. The van der Waals surface area contributed by atoms with E-state index in [0.717, 1.165) is 13.2 Å². The highest BCUT2D eigenvalue weighted by Gasteiger charge is 2.23. The number of imidazole rings is 1. The fourth-order valence-corrected chi connectivity index (χ4v) is 1.23. The van der Waals surface area contributed by atoms with Crippen LogP contribution in [0.4, 0.5) is 0 Å². The summed E-state index contributed by atoms with van der Waals surface area (Å²) in [6.45, 7) is 4.19. The van der Waals surface area contributed by atoms with Crippen molar-refractivity contribution in [1.82, 2.24) is 9.13 Å². The number of aryl methyl sites for hydroxylation is 1. The van der Waals surface area contributed by atoms with Gasteiger partial charge in [0.25, 0.3) is 0 Å². The van der Waals surface area contributed by atoms with Gasteiger partial charge < -0.3 is 4.74 Å². The lowest BCUT2D eigenvalue weighted by Crippen LogP contribution is -2.24. The first-order valence-corrected chi connectivity index (χ1v) is 4.18. The minimum Gasteiger partial charge on any atom is -0.371 e. The van der Waals surface area contributed by atoms with E-state index in [-0.39, 0.29) is 11.8 Å². The maximum Gasteiger partial charge on any atom is 0.328 e. The maximum atomic E-state index is 11.4. The third-order valence-corrected chi connectivity index (χ3v) is 2.06. The van der Waals surface area contributed by atoms with E-state index in [0.29, 0.717) is 6.54 Å². The molecule has 0 amide bonds. The molecule has 1 aromatic rings. The van der Waals surface area contributed by atoms with Gasteiger partial charge in [-0.25, -0.2) is 4.79 Å². The summed E-state index contributed by atoms with van der Waals surface area (Å²) in [7, 11) is 0. The monoisotopic (exact) mass is 168 g/mol. The number of rotatable bonds is 3. The lowest BCUT2D eigenvalue weighted by Gasteiger charge is -1.95. The van der Waals surface area contributed by atoms with Gasteiger partial charge in [-0.2, -0.15) is 0 Å². The van der Waals surface area contributed by atoms with E-state index < -0.39 is 0 Å². The number of epoxide rings is 1. The summed E-state index contributed by atoms with van der Waals surface area (Å²) in [5, 5.41) is 0. The van der Waals surface area contributed by atoms with Crippen LogP contribution in [-0.2, 0) is 17.8 Å². The third kappa shape index (κ3) is 1.30. The number of ether oxygens (including phenoxy) is 1. The number of hydrogen-bond donors (Lipinski definition) is 0. The van der Waals surface area contributed by atoms with E-state index in [2.05, 4.69) is 0 Å². The van der Waals surface area contributed by atoms with Gasteiger partial charge in [-0.05, 0) is 6.92 Å². The molecule has 2 rings (SSSR count). The molecule has 0 spiro atoms. The van der Waals surface area contributed by atoms with Crippen molar-refractivity contribution in [3.8, 4) is 0 Å². The van der Waals surface area contributed by atoms with Crippen molar-refractivity contribution in [3.05, 3.63) is 22.9 Å². The first kappa shape index (κ1) is 7.61. The molecule has 1 aliphatic rings. The molecule has 4 nitrogen and oxygen atoms in total. The molecule has 1 aliphatic heterocycles. The van der Waals surface area contributed by atoms with Gasteiger partial charge in [0, 0.05) is 18.9 Å². The van der Waals surface area contributed by atoms with E-state index in [1.807, 2.05) is 19.3 Å². The summed E-state index contributed by atoms with van der Waals surface area (Å²) >= 11 is 0. The van der Waals surface area contributed by atoms with Crippen LogP contribution in [0.15, 0.2) is 17.2 Å². The normalized spacial score (nSPS) is 21.2. The summed E-state index contributed by atoms with van der Waals surface area (Å²) in [5.41, 5.74) is 0.0630. The largest absolute Gasteiger partial charge is 0.371 e. The second kappa shape index (κ2) is 2.79. The summed E-state index contributed by atoms with van der Waals surface area (Å²) in [6.07, 6.45) is 3.90. The molecule has 1 atom stereocenters. The molecule has 1 fully saturated rings. The van der Waals surface area contributed by atoms with Gasteiger partial charge in [0.15, 0.2) is 0 Å². The number of hydrogen-bond acceptors (Lipinski definition) is 2. The second-order valence-electron chi connectivity index (χ2n) is 2.97. The highest BCUT2D eigenvalue weighted by Crippen LogP contribution is 2.09. The Balaban J connectivity index is 2.19. The van der Waals surface area contributed by atoms with E-state index >= 15 is 0 Å². The summed E-state index contributed by atoms with van der Waals surface area (Å²) in [4.78, 5) is 11.4. The van der Waals surface area contributed by atoms with Crippen LogP contribution in [-0.4, -0.2) is 21.8 Å². The molecule has 0 saturated carbocycles. The number of aromatic nitrogens is 2. The van der Waals surface area contributed by atoms with Crippen molar-refractivity contribution < 1.29 is 4.74 Å². The van der Waals surface area contributed by atoms with Crippen molar-refractivity contribution in [2.45, 2.75) is 26.1 Å². The van der Waals surface area contributed by atoms with Crippen LogP contribution in [0.2, 0.25) is 0 Å². The Bertz CT molecular complexity index is 322. The molecule has 12 heavy (non-hydrogen) atoms. The predicted octanol–water partition coefficient (Wildman–Crippen LogP) is 0.0685. The average Bonchev–Trinajstić information content (AvgIpc) is 2.80. The zero-order valence-corrected chi connectivity index (χ0v) is 7.06. The zero-order chi connectivity index (χ0) is 8.55. The van der Waals surface area contributed by atoms with Crippen LogP contribution >= 0.6 is 0 Å². The van der Waals surface area contributed by atoms with Crippen LogP contribution in [0.1, 0.15) is 6.92 Å². The molecular weight excluding hydrogens is 156 g/mol. The van der Waals surface area contributed by atoms with E-state index in [9.17, 15) is 4.79 Å². The molecule has 0 aliphatic carbocycles. The highest BCUT2D eigenvalue weighted by atomic mass is 16.6. The first-order chi connectivity index (χ1) is 5.81. The molecular formula is C8H12N2O2. The topological polar surface area (TPSA) is 39.5 Å². The minimum atomic E-state index is 0.0630. The Kier molecular flexibility index (Phi) is 1.77.